The number of hydrogen-bond donors (Lipinski definition) is 1. The van der Waals surface area contributed by atoms with Gasteiger partial charge in [-0.2, -0.15) is 0 Å². The molecule has 2 aromatic heterocycles. The Kier molecular flexibility index (Phi) is 4.79. The van der Waals surface area contributed by atoms with E-state index in [0.717, 1.165) is 23.1 Å². The highest BCUT2D eigenvalue weighted by Gasteiger charge is 2.04. The van der Waals surface area contributed by atoms with Crippen molar-refractivity contribution in [2.24, 2.45) is 0 Å². The molecule has 0 atom stereocenters. The van der Waals surface area contributed by atoms with Crippen molar-refractivity contribution in [2.75, 3.05) is 13.2 Å². The summed E-state index contributed by atoms with van der Waals surface area (Å²) in [7, 11) is 0. The van der Waals surface area contributed by atoms with Gasteiger partial charge in [-0.1, -0.05) is 18.2 Å². The number of hydrogen-bond acceptors (Lipinski definition) is 4. The highest BCUT2D eigenvalue weighted by molar-refractivity contribution is 5.93. The number of ether oxygens (including phenoxy) is 1. The van der Waals surface area contributed by atoms with Gasteiger partial charge in [0.05, 0.1) is 6.61 Å². The average molecular weight is 307 g/mol. The molecule has 0 aliphatic heterocycles. The van der Waals surface area contributed by atoms with Crippen LogP contribution in [0.3, 0.4) is 0 Å². The minimum Gasteiger partial charge on any atom is -0.491 e. The number of fused-ring (bicyclic) bond motifs is 1. The monoisotopic (exact) mass is 307 g/mol. The molecule has 1 N–H and O–H groups in total. The van der Waals surface area contributed by atoms with Crippen LogP contribution in [-0.2, 0) is 0 Å². The van der Waals surface area contributed by atoms with Gasteiger partial charge < -0.3 is 10.1 Å². The van der Waals surface area contributed by atoms with Gasteiger partial charge in [-0.3, -0.25) is 14.8 Å². The van der Waals surface area contributed by atoms with Gasteiger partial charge in [0.25, 0.3) is 5.91 Å². The first-order valence-corrected chi connectivity index (χ1v) is 7.49. The number of pyridine rings is 2. The molecular weight excluding hydrogens is 290 g/mol. The highest BCUT2D eigenvalue weighted by atomic mass is 16.5. The molecule has 0 spiro atoms. The van der Waals surface area contributed by atoms with E-state index < -0.39 is 0 Å². The molecule has 23 heavy (non-hydrogen) atoms. The molecule has 0 saturated heterocycles. The summed E-state index contributed by atoms with van der Waals surface area (Å²) in [5.41, 5.74) is 1.47. The van der Waals surface area contributed by atoms with E-state index in [0.29, 0.717) is 18.7 Å². The van der Waals surface area contributed by atoms with Crippen LogP contribution < -0.4 is 10.1 Å². The summed E-state index contributed by atoms with van der Waals surface area (Å²) in [4.78, 5) is 20.1. The molecule has 0 aliphatic carbocycles. The van der Waals surface area contributed by atoms with E-state index in [9.17, 15) is 4.79 Å². The number of nitrogens with one attached hydrogen (secondary N) is 1. The zero-order valence-corrected chi connectivity index (χ0v) is 12.6. The second kappa shape index (κ2) is 7.35. The van der Waals surface area contributed by atoms with Crippen LogP contribution in [0.1, 0.15) is 16.8 Å². The van der Waals surface area contributed by atoms with Gasteiger partial charge >= 0.3 is 0 Å². The van der Waals surface area contributed by atoms with Crippen molar-refractivity contribution < 1.29 is 9.53 Å². The first kappa shape index (κ1) is 15.0. The molecule has 0 radical (unpaired) electrons. The van der Waals surface area contributed by atoms with Crippen molar-refractivity contribution >= 4 is 16.8 Å². The molecule has 0 unspecified atom stereocenters. The van der Waals surface area contributed by atoms with Gasteiger partial charge in [0.15, 0.2) is 0 Å². The molecule has 116 valence electrons. The maximum Gasteiger partial charge on any atom is 0.251 e. The maximum absolute atomic E-state index is 11.9. The van der Waals surface area contributed by atoms with Crippen LogP contribution in [0.5, 0.6) is 5.75 Å². The van der Waals surface area contributed by atoms with Gasteiger partial charge in [0, 0.05) is 36.1 Å². The Morgan fingerprint density at radius 1 is 1.04 bits per heavy atom. The lowest BCUT2D eigenvalue weighted by molar-refractivity contribution is 0.0951. The fourth-order valence-electron chi connectivity index (χ4n) is 2.25. The highest BCUT2D eigenvalue weighted by Crippen LogP contribution is 2.22. The van der Waals surface area contributed by atoms with Crippen LogP contribution in [0.25, 0.3) is 10.9 Å². The standard InChI is InChI=1S/C18H17N3O2/c22-18(15-7-11-19-12-8-15)21-10-3-13-23-16-6-1-4-14-5-2-9-20-17(14)16/h1-2,4-9,11-12H,3,10,13H2,(H,21,22). The lowest BCUT2D eigenvalue weighted by Gasteiger charge is -2.09. The zero-order chi connectivity index (χ0) is 15.9. The molecule has 1 aromatic carbocycles. The smallest absolute Gasteiger partial charge is 0.251 e. The Bertz CT molecular complexity index is 785. The molecule has 1 amide bonds. The number of rotatable bonds is 6. The number of amides is 1. The van der Waals surface area contributed by atoms with E-state index >= 15 is 0 Å². The number of carbonyl (C=O) groups is 1. The molecule has 0 fully saturated rings. The predicted octanol–water partition coefficient (Wildman–Crippen LogP) is 2.83. The number of nitrogens with zero attached hydrogens (tertiary/aromatic N) is 2. The lowest BCUT2D eigenvalue weighted by atomic mass is 10.2. The molecule has 2 heterocycles. The quantitative estimate of drug-likeness (QED) is 0.711. The second-order valence-electron chi connectivity index (χ2n) is 5.03. The molecule has 0 bridgehead atoms. The van der Waals surface area contributed by atoms with Crippen molar-refractivity contribution in [3.05, 3.63) is 66.6 Å². The normalized spacial score (nSPS) is 10.4. The number of para-hydroxylation sites is 1. The lowest BCUT2D eigenvalue weighted by Crippen LogP contribution is -2.25. The van der Waals surface area contributed by atoms with Gasteiger partial charge in [-0.05, 0) is 30.7 Å². The Hall–Kier alpha value is -2.95. The van der Waals surface area contributed by atoms with Gasteiger partial charge in [-0.15, -0.1) is 0 Å². The average Bonchev–Trinajstić information content (AvgIpc) is 2.62. The largest absolute Gasteiger partial charge is 0.491 e. The Labute approximate surface area is 134 Å². The third-order valence-corrected chi connectivity index (χ3v) is 3.40. The third kappa shape index (κ3) is 3.83. The molecule has 5 nitrogen and oxygen atoms in total. The minimum absolute atomic E-state index is 0.0979. The first-order chi connectivity index (χ1) is 11.3. The van der Waals surface area contributed by atoms with Crippen LogP contribution in [0, 0.1) is 0 Å². The van der Waals surface area contributed by atoms with Crippen LogP contribution in [-0.4, -0.2) is 29.0 Å². The van der Waals surface area contributed by atoms with Crippen LogP contribution in [0.15, 0.2) is 61.1 Å². The molecule has 3 aromatic rings. The van der Waals surface area contributed by atoms with E-state index in [1.807, 2.05) is 30.3 Å². The van der Waals surface area contributed by atoms with Gasteiger partial charge in [0.1, 0.15) is 11.3 Å². The second-order valence-corrected chi connectivity index (χ2v) is 5.03. The van der Waals surface area contributed by atoms with Gasteiger partial charge in [0.2, 0.25) is 0 Å². The summed E-state index contributed by atoms with van der Waals surface area (Å²) in [6, 6.07) is 13.1. The summed E-state index contributed by atoms with van der Waals surface area (Å²) < 4.78 is 5.78. The SMILES string of the molecule is O=C(NCCCOc1cccc2cccnc12)c1ccncc1. The summed E-state index contributed by atoms with van der Waals surface area (Å²) in [5.74, 6) is 0.669. The fraction of sp³-hybridized carbons (Fsp3) is 0.167. The van der Waals surface area contributed by atoms with E-state index in [4.69, 9.17) is 4.74 Å². The molecule has 0 aliphatic rings. The van der Waals surface area contributed by atoms with Crippen molar-refractivity contribution in [1.29, 1.82) is 0 Å². The first-order valence-electron chi connectivity index (χ1n) is 7.49. The number of aromatic nitrogens is 2. The molecular formula is C18H17N3O2. The van der Waals surface area contributed by atoms with E-state index in [2.05, 4.69) is 15.3 Å². The van der Waals surface area contributed by atoms with Crippen LogP contribution in [0.4, 0.5) is 0 Å². The summed E-state index contributed by atoms with van der Waals surface area (Å²) in [5, 5.41) is 3.91. The molecule has 5 heteroatoms. The Morgan fingerprint density at radius 2 is 1.87 bits per heavy atom. The van der Waals surface area contributed by atoms with Crippen molar-refractivity contribution in [2.45, 2.75) is 6.42 Å². The van der Waals surface area contributed by atoms with Crippen LogP contribution >= 0.6 is 0 Å². The summed E-state index contributed by atoms with van der Waals surface area (Å²) in [6.07, 6.45) is 5.68. The summed E-state index contributed by atoms with van der Waals surface area (Å²) in [6.45, 7) is 1.08. The fourth-order valence-corrected chi connectivity index (χ4v) is 2.25. The van der Waals surface area contributed by atoms with E-state index in [1.165, 1.54) is 0 Å². The minimum atomic E-state index is -0.0979. The number of carbonyl (C=O) groups excluding carboxylic acids is 1. The number of benzene rings is 1. The third-order valence-electron chi connectivity index (χ3n) is 3.40. The van der Waals surface area contributed by atoms with E-state index in [1.54, 1.807) is 30.7 Å². The Morgan fingerprint density at radius 3 is 2.74 bits per heavy atom. The van der Waals surface area contributed by atoms with Crippen LogP contribution in [0.2, 0.25) is 0 Å². The van der Waals surface area contributed by atoms with Gasteiger partial charge in [-0.25, -0.2) is 0 Å². The van der Waals surface area contributed by atoms with Crippen molar-refractivity contribution in [3.63, 3.8) is 0 Å². The van der Waals surface area contributed by atoms with Crippen molar-refractivity contribution in [1.82, 2.24) is 15.3 Å². The van der Waals surface area contributed by atoms with Crippen molar-refractivity contribution in [3.8, 4) is 5.75 Å². The van der Waals surface area contributed by atoms with E-state index in [-0.39, 0.29) is 5.91 Å². The molecule has 0 saturated carbocycles. The zero-order valence-electron chi connectivity index (χ0n) is 12.6. The maximum atomic E-state index is 11.9. The summed E-state index contributed by atoms with van der Waals surface area (Å²) >= 11 is 0. The Balaban J connectivity index is 1.47. The predicted molar refractivity (Wildman–Crippen MR) is 88.4 cm³/mol. The topological polar surface area (TPSA) is 64.1 Å². The molecule has 3 rings (SSSR count).